The zero-order valence-corrected chi connectivity index (χ0v) is 15.2. The minimum absolute atomic E-state index is 0.370. The lowest BCUT2D eigenvalue weighted by Crippen LogP contribution is -2.30. The summed E-state index contributed by atoms with van der Waals surface area (Å²) >= 11 is 6.84. The summed E-state index contributed by atoms with van der Waals surface area (Å²) in [5.74, 6) is 1.15. The molecule has 0 aliphatic carbocycles. The third-order valence-corrected chi connectivity index (χ3v) is 4.08. The molecular weight excluding hydrogens is 400 g/mol. The van der Waals surface area contributed by atoms with Crippen LogP contribution in [0.15, 0.2) is 25.7 Å². The molecule has 1 unspecified atom stereocenters. The number of hydrogen-bond acceptors (Lipinski definition) is 5. The Hall–Kier alpha value is -0.790. The molecule has 5 nitrogen and oxygen atoms in total. The van der Waals surface area contributed by atoms with Gasteiger partial charge in [0.2, 0.25) is 11.7 Å². The molecular formula is C14H18Br2N4O. The largest absolute Gasteiger partial charge is 0.339 e. The molecule has 0 spiro atoms. The molecule has 0 saturated heterocycles. The van der Waals surface area contributed by atoms with Crippen molar-refractivity contribution in [2.45, 2.75) is 39.2 Å². The van der Waals surface area contributed by atoms with Crippen LogP contribution < -0.4 is 5.32 Å². The summed E-state index contributed by atoms with van der Waals surface area (Å²) in [4.78, 5) is 8.77. The van der Waals surface area contributed by atoms with Gasteiger partial charge in [0.15, 0.2) is 0 Å². The van der Waals surface area contributed by atoms with E-state index in [4.69, 9.17) is 4.52 Å². The molecule has 0 saturated carbocycles. The summed E-state index contributed by atoms with van der Waals surface area (Å²) in [6, 6.07) is 2.28. The second kappa shape index (κ2) is 8.00. The Morgan fingerprint density at radius 2 is 2.14 bits per heavy atom. The van der Waals surface area contributed by atoms with Crippen molar-refractivity contribution in [3.8, 4) is 11.5 Å². The van der Waals surface area contributed by atoms with Gasteiger partial charge in [-0.25, -0.2) is 0 Å². The highest BCUT2D eigenvalue weighted by Gasteiger charge is 2.16. The average Bonchev–Trinajstić information content (AvgIpc) is 2.87. The van der Waals surface area contributed by atoms with Gasteiger partial charge in [0.1, 0.15) is 5.69 Å². The standard InChI is InChI=1S/C14H18Br2N4O/c1-3-5-10(17-4-2)7-12-19-14(20-21-12)13-11(16)6-9(15)8-18-13/h6,8,10,17H,3-5,7H2,1-2H3. The van der Waals surface area contributed by atoms with E-state index in [1.165, 1.54) is 0 Å². The molecule has 0 aromatic carbocycles. The molecule has 0 radical (unpaired) electrons. The zero-order chi connectivity index (χ0) is 15.2. The Bertz CT molecular complexity index is 582. The third kappa shape index (κ3) is 4.59. The highest BCUT2D eigenvalue weighted by atomic mass is 79.9. The summed E-state index contributed by atoms with van der Waals surface area (Å²) in [6.45, 7) is 5.21. The molecule has 0 bridgehead atoms. The van der Waals surface area contributed by atoms with Crippen LogP contribution in [-0.4, -0.2) is 27.7 Å². The van der Waals surface area contributed by atoms with E-state index >= 15 is 0 Å². The third-order valence-electron chi connectivity index (χ3n) is 3.04. The van der Waals surface area contributed by atoms with Gasteiger partial charge in [-0.15, -0.1) is 0 Å². The second-order valence-electron chi connectivity index (χ2n) is 4.74. The molecule has 2 aromatic rings. The maximum atomic E-state index is 5.35. The minimum Gasteiger partial charge on any atom is -0.339 e. The molecule has 0 amide bonds. The summed E-state index contributed by atoms with van der Waals surface area (Å²) in [5.41, 5.74) is 0.684. The first-order valence-corrected chi connectivity index (χ1v) is 8.60. The Morgan fingerprint density at radius 3 is 2.81 bits per heavy atom. The Balaban J connectivity index is 2.13. The van der Waals surface area contributed by atoms with E-state index in [0.717, 1.165) is 34.8 Å². The highest BCUT2D eigenvalue weighted by Crippen LogP contribution is 2.26. The van der Waals surface area contributed by atoms with Gasteiger partial charge >= 0.3 is 0 Å². The minimum atomic E-state index is 0.370. The molecule has 1 N–H and O–H groups in total. The molecule has 2 aromatic heterocycles. The molecule has 2 rings (SSSR count). The summed E-state index contributed by atoms with van der Waals surface area (Å²) < 4.78 is 7.09. The van der Waals surface area contributed by atoms with Crippen LogP contribution in [0.4, 0.5) is 0 Å². The first-order chi connectivity index (χ1) is 10.1. The fourth-order valence-electron chi connectivity index (χ4n) is 2.14. The van der Waals surface area contributed by atoms with E-state index in [0.29, 0.717) is 23.5 Å². The maximum absolute atomic E-state index is 5.35. The van der Waals surface area contributed by atoms with Gasteiger partial charge in [-0.3, -0.25) is 4.98 Å². The van der Waals surface area contributed by atoms with Crippen LogP contribution in [0.1, 0.15) is 32.6 Å². The van der Waals surface area contributed by atoms with E-state index in [2.05, 4.69) is 66.1 Å². The number of hydrogen-bond donors (Lipinski definition) is 1. The van der Waals surface area contributed by atoms with Crippen molar-refractivity contribution < 1.29 is 4.52 Å². The van der Waals surface area contributed by atoms with Crippen LogP contribution >= 0.6 is 31.9 Å². The lowest BCUT2D eigenvalue weighted by molar-refractivity contribution is 0.352. The van der Waals surface area contributed by atoms with Crippen molar-refractivity contribution in [1.82, 2.24) is 20.4 Å². The van der Waals surface area contributed by atoms with Crippen molar-refractivity contribution in [3.05, 3.63) is 27.1 Å². The fraction of sp³-hybridized carbons (Fsp3) is 0.500. The molecule has 2 heterocycles. The van der Waals surface area contributed by atoms with Crippen molar-refractivity contribution in [2.75, 3.05) is 6.54 Å². The molecule has 7 heteroatoms. The lowest BCUT2D eigenvalue weighted by atomic mass is 10.1. The Labute approximate surface area is 141 Å². The van der Waals surface area contributed by atoms with Gasteiger partial charge in [-0.2, -0.15) is 4.98 Å². The van der Waals surface area contributed by atoms with Crippen LogP contribution in [0.5, 0.6) is 0 Å². The number of likely N-dealkylation sites (N-methyl/N-ethyl adjacent to an activating group) is 1. The summed E-state index contributed by atoms with van der Waals surface area (Å²) in [7, 11) is 0. The number of pyridine rings is 1. The topological polar surface area (TPSA) is 63.8 Å². The SMILES string of the molecule is CCCC(Cc1nc(-c2ncc(Br)cc2Br)no1)NCC. The van der Waals surface area contributed by atoms with E-state index in [-0.39, 0.29) is 0 Å². The van der Waals surface area contributed by atoms with E-state index < -0.39 is 0 Å². The van der Waals surface area contributed by atoms with Crippen molar-refractivity contribution >= 4 is 31.9 Å². The Morgan fingerprint density at radius 1 is 1.33 bits per heavy atom. The van der Waals surface area contributed by atoms with Gasteiger partial charge in [0.05, 0.1) is 0 Å². The van der Waals surface area contributed by atoms with Crippen molar-refractivity contribution in [2.24, 2.45) is 0 Å². The predicted octanol–water partition coefficient (Wildman–Crippen LogP) is 3.98. The van der Waals surface area contributed by atoms with Gasteiger partial charge in [0, 0.05) is 27.6 Å². The second-order valence-corrected chi connectivity index (χ2v) is 6.51. The van der Waals surface area contributed by atoms with E-state index in [1.54, 1.807) is 6.20 Å². The zero-order valence-electron chi connectivity index (χ0n) is 12.1. The highest BCUT2D eigenvalue weighted by molar-refractivity contribution is 9.11. The monoisotopic (exact) mass is 416 g/mol. The van der Waals surface area contributed by atoms with Gasteiger partial charge in [-0.1, -0.05) is 25.4 Å². The van der Waals surface area contributed by atoms with E-state index in [9.17, 15) is 0 Å². The average molecular weight is 418 g/mol. The van der Waals surface area contributed by atoms with E-state index in [1.807, 2.05) is 6.07 Å². The predicted molar refractivity (Wildman–Crippen MR) is 89.0 cm³/mol. The smallest absolute Gasteiger partial charge is 0.228 e. The fourth-order valence-corrected chi connectivity index (χ4v) is 3.30. The number of nitrogens with zero attached hydrogens (tertiary/aromatic N) is 3. The van der Waals surface area contributed by atoms with Gasteiger partial charge in [0.25, 0.3) is 0 Å². The van der Waals surface area contributed by atoms with Gasteiger partial charge in [-0.05, 0) is 50.9 Å². The lowest BCUT2D eigenvalue weighted by Gasteiger charge is -2.14. The first-order valence-electron chi connectivity index (χ1n) is 7.01. The molecule has 0 aliphatic heterocycles. The maximum Gasteiger partial charge on any atom is 0.228 e. The first kappa shape index (κ1) is 16.6. The van der Waals surface area contributed by atoms with Crippen LogP contribution in [0, 0.1) is 0 Å². The molecule has 21 heavy (non-hydrogen) atoms. The van der Waals surface area contributed by atoms with Crippen molar-refractivity contribution in [3.63, 3.8) is 0 Å². The van der Waals surface area contributed by atoms with Crippen LogP contribution in [0.2, 0.25) is 0 Å². The number of aromatic nitrogens is 3. The quantitative estimate of drug-likeness (QED) is 0.738. The van der Waals surface area contributed by atoms with Crippen LogP contribution in [-0.2, 0) is 6.42 Å². The molecule has 0 fully saturated rings. The van der Waals surface area contributed by atoms with Crippen LogP contribution in [0.25, 0.3) is 11.5 Å². The van der Waals surface area contributed by atoms with Gasteiger partial charge < -0.3 is 9.84 Å². The van der Waals surface area contributed by atoms with Crippen molar-refractivity contribution in [1.29, 1.82) is 0 Å². The number of rotatable bonds is 7. The number of nitrogens with one attached hydrogen (secondary N) is 1. The number of halogens is 2. The van der Waals surface area contributed by atoms with Crippen LogP contribution in [0.3, 0.4) is 0 Å². The summed E-state index contributed by atoms with van der Waals surface area (Å²) in [5, 5.41) is 7.47. The summed E-state index contributed by atoms with van der Waals surface area (Å²) in [6.07, 6.45) is 4.67. The molecule has 114 valence electrons. The normalized spacial score (nSPS) is 12.6. The Kier molecular flexibility index (Phi) is 6.32. The molecule has 0 aliphatic rings. The molecule has 1 atom stereocenters.